The molecule has 0 aromatic heterocycles. The van der Waals surface area contributed by atoms with Crippen LogP contribution in [-0.4, -0.2) is 12.6 Å². The van der Waals surface area contributed by atoms with Gasteiger partial charge in [0.1, 0.15) is 0 Å². The molecule has 0 N–H and O–H groups in total. The third kappa shape index (κ3) is 4.60. The lowest BCUT2D eigenvalue weighted by Gasteiger charge is -2.09. The van der Waals surface area contributed by atoms with Crippen molar-refractivity contribution < 1.29 is 9.53 Å². The summed E-state index contributed by atoms with van der Waals surface area (Å²) in [5.74, 6) is 2.59. The van der Waals surface area contributed by atoms with Gasteiger partial charge in [-0.25, -0.2) is 0 Å². The van der Waals surface area contributed by atoms with Gasteiger partial charge in [0.25, 0.3) is 0 Å². The highest BCUT2D eigenvalue weighted by Crippen LogP contribution is 2.08. The van der Waals surface area contributed by atoms with Gasteiger partial charge >= 0.3 is 5.97 Å². The molecule has 0 unspecified atom stereocenters. The highest BCUT2D eigenvalue weighted by molar-refractivity contribution is 14.1. The molecule has 0 aliphatic rings. The summed E-state index contributed by atoms with van der Waals surface area (Å²) in [5.41, 5.74) is 0. The van der Waals surface area contributed by atoms with E-state index in [4.69, 9.17) is 4.74 Å². The molecule has 0 radical (unpaired) electrons. The minimum atomic E-state index is -0.126. The molecule has 0 aromatic carbocycles. The van der Waals surface area contributed by atoms with E-state index in [1.54, 1.807) is 0 Å². The molecule has 0 aliphatic heterocycles. The normalized spacial score (nSPS) is 9.00. The van der Waals surface area contributed by atoms with Crippen molar-refractivity contribution in [3.05, 3.63) is 0 Å². The van der Waals surface area contributed by atoms with Crippen molar-refractivity contribution in [1.29, 1.82) is 0 Å². The maximum absolute atomic E-state index is 11.2. The Morgan fingerprint density at radius 3 is 2.50 bits per heavy atom. The van der Waals surface area contributed by atoms with Gasteiger partial charge in [-0.2, -0.15) is 0 Å². The quantitative estimate of drug-likeness (QED) is 0.449. The number of carbonyl (C=O) groups is 1. The van der Waals surface area contributed by atoms with Crippen LogP contribution in [0.5, 0.6) is 0 Å². The van der Waals surface area contributed by atoms with E-state index < -0.39 is 0 Å². The van der Waals surface area contributed by atoms with Crippen LogP contribution in [0.25, 0.3) is 0 Å². The average Bonchev–Trinajstić information content (AvgIpc) is 2.07. The van der Waals surface area contributed by atoms with E-state index in [0.29, 0.717) is 0 Å². The van der Waals surface area contributed by atoms with Gasteiger partial charge in [0.15, 0.2) is 6.61 Å². The molecule has 0 saturated carbocycles. The highest BCUT2D eigenvalue weighted by Gasteiger charge is 2.14. The zero-order valence-corrected chi connectivity index (χ0v) is 9.55. The smallest absolute Gasteiger partial charge is 0.309 e. The molecule has 0 bridgehead atoms. The lowest BCUT2D eigenvalue weighted by molar-refractivity contribution is -0.147. The van der Waals surface area contributed by atoms with Crippen LogP contribution in [0.2, 0.25) is 0 Å². The van der Waals surface area contributed by atoms with Gasteiger partial charge in [-0.15, -0.1) is 0 Å². The lowest BCUT2D eigenvalue weighted by Crippen LogP contribution is -2.16. The van der Waals surface area contributed by atoms with Crippen molar-refractivity contribution in [3.63, 3.8) is 0 Å². The van der Waals surface area contributed by atoms with Crippen LogP contribution < -0.4 is 0 Å². The zero-order chi connectivity index (χ0) is 9.40. The summed E-state index contributed by atoms with van der Waals surface area (Å²) in [4.78, 5) is 11.2. The Balaban J connectivity index is 3.74. The summed E-state index contributed by atoms with van der Waals surface area (Å²) in [6.07, 6.45) is 1.68. The summed E-state index contributed by atoms with van der Waals surface area (Å²) in [7, 11) is 0. The molecule has 12 heavy (non-hydrogen) atoms. The van der Waals surface area contributed by atoms with Crippen molar-refractivity contribution in [2.75, 3.05) is 6.61 Å². The monoisotopic (exact) mass is 280 g/mol. The molecule has 0 aliphatic carbocycles. The fourth-order valence-electron chi connectivity index (χ4n) is 0.874. The summed E-state index contributed by atoms with van der Waals surface area (Å²) in [5, 5.41) is 0. The molecule has 68 valence electrons. The first kappa shape index (κ1) is 11.8. The minimum Gasteiger partial charge on any atom is -0.452 e. The number of esters is 1. The Morgan fingerprint density at radius 1 is 1.50 bits per heavy atom. The fourth-order valence-corrected chi connectivity index (χ4v) is 1.03. The fraction of sp³-hybridized carbons (Fsp3) is 0.667. The molecular formula is C9H13IO2. The molecule has 0 heterocycles. The topological polar surface area (TPSA) is 26.3 Å². The second-order valence-electron chi connectivity index (χ2n) is 2.39. The second-order valence-corrected chi connectivity index (χ2v) is 2.93. The first-order valence-corrected chi connectivity index (χ1v) is 5.09. The Bertz CT molecular complexity index is 186. The van der Waals surface area contributed by atoms with Crippen LogP contribution in [0.4, 0.5) is 0 Å². The van der Waals surface area contributed by atoms with Crippen LogP contribution in [0, 0.1) is 15.8 Å². The van der Waals surface area contributed by atoms with E-state index in [1.165, 1.54) is 0 Å². The average molecular weight is 280 g/mol. The lowest BCUT2D eigenvalue weighted by atomic mass is 10.0. The Kier molecular flexibility index (Phi) is 7.26. The van der Waals surface area contributed by atoms with Crippen molar-refractivity contribution in [3.8, 4) is 9.85 Å². The van der Waals surface area contributed by atoms with Crippen LogP contribution in [-0.2, 0) is 9.53 Å². The number of hydrogen-bond donors (Lipinski definition) is 0. The van der Waals surface area contributed by atoms with Gasteiger partial charge in [-0.05, 0) is 16.8 Å². The highest BCUT2D eigenvalue weighted by atomic mass is 127. The molecule has 0 atom stereocenters. The molecule has 0 amide bonds. The van der Waals surface area contributed by atoms with E-state index in [0.717, 1.165) is 12.8 Å². The first-order chi connectivity index (χ1) is 5.76. The van der Waals surface area contributed by atoms with Crippen molar-refractivity contribution in [2.24, 2.45) is 5.92 Å². The summed E-state index contributed by atoms with van der Waals surface area (Å²) in [6.45, 7) is 4.19. The summed E-state index contributed by atoms with van der Waals surface area (Å²) in [6, 6.07) is 0. The van der Waals surface area contributed by atoms with Gasteiger partial charge in [-0.1, -0.05) is 19.8 Å². The number of carbonyl (C=O) groups excluding carboxylic acids is 1. The number of rotatable bonds is 4. The van der Waals surface area contributed by atoms with Gasteiger partial charge in [0.2, 0.25) is 0 Å². The van der Waals surface area contributed by atoms with E-state index in [-0.39, 0.29) is 18.5 Å². The minimum absolute atomic E-state index is 0.0426. The molecular weight excluding hydrogens is 267 g/mol. The number of halogens is 1. The van der Waals surface area contributed by atoms with Crippen molar-refractivity contribution in [2.45, 2.75) is 26.7 Å². The van der Waals surface area contributed by atoms with Crippen molar-refractivity contribution >= 4 is 28.6 Å². The molecule has 2 nitrogen and oxygen atoms in total. The van der Waals surface area contributed by atoms with E-state index in [2.05, 4.69) is 9.85 Å². The molecule has 3 heteroatoms. The second kappa shape index (κ2) is 7.41. The molecule has 0 fully saturated rings. The predicted molar refractivity (Wildman–Crippen MR) is 56.8 cm³/mol. The predicted octanol–water partition coefficient (Wildman–Crippen LogP) is 2.36. The zero-order valence-electron chi connectivity index (χ0n) is 7.39. The Morgan fingerprint density at radius 2 is 2.08 bits per heavy atom. The molecule has 0 saturated heterocycles. The Hall–Kier alpha value is -0.240. The summed E-state index contributed by atoms with van der Waals surface area (Å²) >= 11 is 1.92. The summed E-state index contributed by atoms with van der Waals surface area (Å²) < 4.78 is 7.55. The van der Waals surface area contributed by atoms with E-state index in [1.807, 2.05) is 36.4 Å². The maximum Gasteiger partial charge on any atom is 0.309 e. The third-order valence-electron chi connectivity index (χ3n) is 1.67. The van der Waals surface area contributed by atoms with E-state index in [9.17, 15) is 4.79 Å². The Labute approximate surface area is 87.2 Å². The van der Waals surface area contributed by atoms with Gasteiger partial charge in [0, 0.05) is 22.6 Å². The van der Waals surface area contributed by atoms with E-state index >= 15 is 0 Å². The molecule has 0 aromatic rings. The van der Waals surface area contributed by atoms with Crippen LogP contribution in [0.1, 0.15) is 26.7 Å². The third-order valence-corrected chi connectivity index (χ3v) is 2.05. The largest absolute Gasteiger partial charge is 0.452 e. The van der Waals surface area contributed by atoms with Crippen molar-refractivity contribution in [1.82, 2.24) is 0 Å². The van der Waals surface area contributed by atoms with Crippen LogP contribution in [0.3, 0.4) is 0 Å². The van der Waals surface area contributed by atoms with Crippen LogP contribution in [0.15, 0.2) is 0 Å². The standard InChI is InChI=1S/C9H13IO2/c1-3-8(4-2)9(11)12-7-5-6-10/h8H,3-4,7H2,1-2H3. The number of hydrogen-bond acceptors (Lipinski definition) is 2. The van der Waals surface area contributed by atoms with Crippen LogP contribution >= 0.6 is 22.6 Å². The molecule has 0 spiro atoms. The maximum atomic E-state index is 11.2. The number of ether oxygens (including phenoxy) is 1. The first-order valence-electron chi connectivity index (χ1n) is 4.01. The van der Waals surface area contributed by atoms with Gasteiger partial charge < -0.3 is 4.74 Å². The van der Waals surface area contributed by atoms with Gasteiger partial charge in [-0.3, -0.25) is 4.79 Å². The van der Waals surface area contributed by atoms with Gasteiger partial charge in [0.05, 0.1) is 5.92 Å². The molecule has 0 rings (SSSR count). The SMILES string of the molecule is CCC(CC)C(=O)OCC#CI.